The van der Waals surface area contributed by atoms with Gasteiger partial charge in [0.25, 0.3) is 0 Å². The lowest BCUT2D eigenvalue weighted by Gasteiger charge is -2.33. The molecule has 30 heavy (non-hydrogen) atoms. The minimum Gasteiger partial charge on any atom is -0.493 e. The zero-order valence-electron chi connectivity index (χ0n) is 17.2. The van der Waals surface area contributed by atoms with E-state index >= 15 is 0 Å². The van der Waals surface area contributed by atoms with Crippen molar-refractivity contribution in [2.75, 3.05) is 26.2 Å². The van der Waals surface area contributed by atoms with Crippen LogP contribution in [0.5, 0.6) is 5.75 Å². The number of benzene rings is 2. The average molecular weight is 432 g/mol. The van der Waals surface area contributed by atoms with E-state index in [4.69, 9.17) is 9.73 Å². The number of thioether (sulfide) groups is 1. The van der Waals surface area contributed by atoms with E-state index in [1.165, 1.54) is 17.2 Å². The number of aliphatic imine (C=N–C) groups is 1. The van der Waals surface area contributed by atoms with Gasteiger partial charge in [-0.2, -0.15) is 0 Å². The molecule has 160 valence electrons. The number of hydrogen-bond donors (Lipinski definition) is 1. The lowest BCUT2D eigenvalue weighted by molar-refractivity contribution is 0.188. The van der Waals surface area contributed by atoms with E-state index in [-0.39, 0.29) is 0 Å². The fraction of sp³-hybridized carbons (Fsp3) is 0.435. The number of amidine groups is 1. The fourth-order valence-electron chi connectivity index (χ4n) is 3.82. The zero-order valence-corrected chi connectivity index (χ0v) is 18.0. The maximum Gasteiger partial charge on any atom is 0.162 e. The van der Waals surface area contributed by atoms with Crippen molar-refractivity contribution in [3.8, 4) is 5.75 Å². The van der Waals surface area contributed by atoms with Crippen LogP contribution in [0.4, 0.5) is 14.5 Å². The molecule has 2 aromatic carbocycles. The lowest BCUT2D eigenvalue weighted by atomic mass is 10.1. The zero-order chi connectivity index (χ0) is 20.9. The molecule has 0 aromatic heterocycles. The summed E-state index contributed by atoms with van der Waals surface area (Å²) in [6.07, 6.45) is 3.03. The summed E-state index contributed by atoms with van der Waals surface area (Å²) in [4.78, 5) is 7.22. The molecule has 2 heterocycles. The monoisotopic (exact) mass is 431 g/mol. The molecule has 1 fully saturated rings. The highest BCUT2D eigenvalue weighted by Crippen LogP contribution is 2.31. The summed E-state index contributed by atoms with van der Waals surface area (Å²) in [6, 6.07) is 10.5. The van der Waals surface area contributed by atoms with Gasteiger partial charge in [-0.05, 0) is 49.9 Å². The minimum atomic E-state index is -0.874. The van der Waals surface area contributed by atoms with E-state index < -0.39 is 11.6 Å². The highest BCUT2D eigenvalue weighted by Gasteiger charge is 2.21. The van der Waals surface area contributed by atoms with Crippen molar-refractivity contribution in [2.45, 2.75) is 38.0 Å². The van der Waals surface area contributed by atoms with Crippen molar-refractivity contribution in [1.29, 1.82) is 0 Å². The Hall–Kier alpha value is -2.12. The van der Waals surface area contributed by atoms with Gasteiger partial charge in [0.2, 0.25) is 0 Å². The summed E-state index contributed by atoms with van der Waals surface area (Å²) in [7, 11) is 0. The standard InChI is InChI=1S/C23H27F2N3OS/c1-16-3-6-22-17(13-16)15-30-23(27-22)26-18-7-10-28(11-8-18)9-2-12-29-19-4-5-20(24)21(25)14-19/h3-6,13-14,18H,2,7-12,15H2,1H3,(H,26,27). The van der Waals surface area contributed by atoms with E-state index in [1.54, 1.807) is 11.8 Å². The molecule has 2 aromatic rings. The predicted molar refractivity (Wildman–Crippen MR) is 119 cm³/mol. The third-order valence-corrected chi connectivity index (χ3v) is 6.45. The quantitative estimate of drug-likeness (QED) is 0.651. The first-order chi connectivity index (χ1) is 14.6. The molecule has 0 unspecified atom stereocenters. The number of hydrogen-bond acceptors (Lipinski definition) is 5. The first-order valence-corrected chi connectivity index (χ1v) is 11.4. The van der Waals surface area contributed by atoms with Gasteiger partial charge in [-0.25, -0.2) is 13.8 Å². The topological polar surface area (TPSA) is 36.9 Å². The molecule has 1 N–H and O–H groups in total. The van der Waals surface area contributed by atoms with Gasteiger partial charge in [0.05, 0.1) is 12.3 Å². The van der Waals surface area contributed by atoms with Crippen LogP contribution in [0, 0.1) is 18.6 Å². The predicted octanol–water partition coefficient (Wildman–Crippen LogP) is 5.03. The molecule has 7 heteroatoms. The normalized spacial score (nSPS) is 17.4. The van der Waals surface area contributed by atoms with Crippen molar-refractivity contribution < 1.29 is 13.5 Å². The van der Waals surface area contributed by atoms with Crippen molar-refractivity contribution in [2.24, 2.45) is 4.99 Å². The van der Waals surface area contributed by atoms with Crippen molar-refractivity contribution >= 4 is 22.6 Å². The van der Waals surface area contributed by atoms with E-state index in [0.29, 0.717) is 18.4 Å². The van der Waals surface area contributed by atoms with Gasteiger partial charge in [0, 0.05) is 37.5 Å². The van der Waals surface area contributed by atoms with Gasteiger partial charge in [-0.15, -0.1) is 0 Å². The van der Waals surface area contributed by atoms with Gasteiger partial charge in [-0.1, -0.05) is 29.5 Å². The van der Waals surface area contributed by atoms with Crippen molar-refractivity contribution in [3.05, 3.63) is 59.2 Å². The molecule has 0 amide bonds. The summed E-state index contributed by atoms with van der Waals surface area (Å²) in [5.41, 5.74) is 3.68. The molecule has 4 rings (SSSR count). The summed E-state index contributed by atoms with van der Waals surface area (Å²) < 4.78 is 31.7. The Labute approximate surface area is 180 Å². The number of nitrogens with zero attached hydrogens (tertiary/aromatic N) is 2. The van der Waals surface area contributed by atoms with Crippen molar-refractivity contribution in [1.82, 2.24) is 10.2 Å². The molecule has 2 aliphatic rings. The number of ether oxygens (including phenoxy) is 1. The van der Waals surface area contributed by atoms with E-state index in [1.807, 2.05) is 0 Å². The highest BCUT2D eigenvalue weighted by atomic mass is 32.2. The summed E-state index contributed by atoms with van der Waals surface area (Å²) >= 11 is 1.78. The molecule has 2 aliphatic heterocycles. The van der Waals surface area contributed by atoms with Crippen LogP contribution < -0.4 is 10.1 Å². The van der Waals surface area contributed by atoms with Gasteiger partial charge in [-0.3, -0.25) is 0 Å². The fourth-order valence-corrected chi connectivity index (χ4v) is 4.76. The van der Waals surface area contributed by atoms with Crippen LogP contribution in [0.3, 0.4) is 0 Å². The van der Waals surface area contributed by atoms with Gasteiger partial charge in [0.15, 0.2) is 16.8 Å². The summed E-state index contributed by atoms with van der Waals surface area (Å²) in [5, 5.41) is 4.66. The molecule has 0 bridgehead atoms. The average Bonchev–Trinajstić information content (AvgIpc) is 2.75. The second kappa shape index (κ2) is 9.79. The molecule has 1 saturated heterocycles. The third-order valence-electron chi connectivity index (χ3n) is 5.52. The highest BCUT2D eigenvalue weighted by molar-refractivity contribution is 8.13. The Morgan fingerprint density at radius 2 is 1.97 bits per heavy atom. The Kier molecular flexibility index (Phi) is 6.89. The molecule has 0 atom stereocenters. The molecule has 0 aliphatic carbocycles. The number of aryl methyl sites for hydroxylation is 1. The van der Waals surface area contributed by atoms with Crippen LogP contribution in [0.15, 0.2) is 41.4 Å². The Balaban J connectivity index is 1.16. The number of fused-ring (bicyclic) bond motifs is 1. The smallest absolute Gasteiger partial charge is 0.162 e. The van der Waals surface area contributed by atoms with Crippen LogP contribution in [0.1, 0.15) is 30.4 Å². The number of halogens is 2. The maximum atomic E-state index is 13.2. The number of piperidine rings is 1. The van der Waals surface area contributed by atoms with E-state index in [0.717, 1.165) is 67.6 Å². The second-order valence-corrected chi connectivity index (χ2v) is 8.84. The third kappa shape index (κ3) is 5.52. The van der Waals surface area contributed by atoms with Gasteiger partial charge >= 0.3 is 0 Å². The summed E-state index contributed by atoms with van der Waals surface area (Å²) in [6.45, 7) is 5.63. The van der Waals surface area contributed by atoms with Crippen molar-refractivity contribution in [3.63, 3.8) is 0 Å². The first-order valence-electron chi connectivity index (χ1n) is 10.4. The number of likely N-dealkylation sites (tertiary alicyclic amines) is 1. The van der Waals surface area contributed by atoms with Gasteiger partial charge in [0.1, 0.15) is 5.75 Å². The summed E-state index contributed by atoms with van der Waals surface area (Å²) in [5.74, 6) is -0.379. The van der Waals surface area contributed by atoms with Crippen LogP contribution >= 0.6 is 11.8 Å². The molecule has 0 saturated carbocycles. The SMILES string of the molecule is Cc1ccc2c(c1)CSC(NC1CCN(CCCOc3ccc(F)c(F)c3)CC1)=N2. The molecule has 4 nitrogen and oxygen atoms in total. The molecular formula is C23H27F2N3OS. The minimum absolute atomic E-state index is 0.374. The first kappa shape index (κ1) is 21.1. The molecular weight excluding hydrogens is 404 g/mol. The Bertz CT molecular complexity index is 913. The van der Waals surface area contributed by atoms with E-state index in [9.17, 15) is 8.78 Å². The Morgan fingerprint density at radius 3 is 2.77 bits per heavy atom. The van der Waals surface area contributed by atoms with Crippen LogP contribution in [0.2, 0.25) is 0 Å². The molecule has 0 radical (unpaired) electrons. The lowest BCUT2D eigenvalue weighted by Crippen LogP contribution is -2.44. The van der Waals surface area contributed by atoms with E-state index in [2.05, 4.69) is 35.3 Å². The Morgan fingerprint density at radius 1 is 1.13 bits per heavy atom. The molecule has 0 spiro atoms. The van der Waals surface area contributed by atoms with Crippen LogP contribution in [-0.4, -0.2) is 42.4 Å². The van der Waals surface area contributed by atoms with Crippen LogP contribution in [0.25, 0.3) is 0 Å². The number of nitrogens with one attached hydrogen (secondary N) is 1. The van der Waals surface area contributed by atoms with Crippen LogP contribution in [-0.2, 0) is 5.75 Å². The second-order valence-electron chi connectivity index (χ2n) is 7.88. The van der Waals surface area contributed by atoms with Gasteiger partial charge < -0.3 is 15.0 Å². The maximum absolute atomic E-state index is 13.2. The number of rotatable bonds is 6. The largest absolute Gasteiger partial charge is 0.493 e.